The molecule has 0 fully saturated rings. The number of fused-ring (bicyclic) bond motifs is 2. The van der Waals surface area contributed by atoms with Crippen molar-refractivity contribution in [2.45, 2.75) is 0 Å². The lowest BCUT2D eigenvalue weighted by molar-refractivity contribution is 0.100. The molecule has 5 rings (SSSR count). The van der Waals surface area contributed by atoms with E-state index in [0.717, 1.165) is 15.3 Å². The maximum absolute atomic E-state index is 13.3. The van der Waals surface area contributed by atoms with Crippen LogP contribution in [0.5, 0.6) is 0 Å². The van der Waals surface area contributed by atoms with Crippen LogP contribution in [0.25, 0.3) is 38.5 Å². The predicted molar refractivity (Wildman–Crippen MR) is 122 cm³/mol. The average Bonchev–Trinajstić information content (AvgIpc) is 2.79. The van der Waals surface area contributed by atoms with E-state index in [2.05, 4.69) is 4.98 Å². The van der Waals surface area contributed by atoms with Crippen LogP contribution < -0.4 is 17.0 Å². The molecule has 0 saturated heterocycles. The Morgan fingerprint density at radius 3 is 2.39 bits per heavy atom. The second-order valence-electron chi connectivity index (χ2n) is 7.24. The van der Waals surface area contributed by atoms with E-state index in [4.69, 9.17) is 5.73 Å². The summed E-state index contributed by atoms with van der Waals surface area (Å²) in [5.74, 6) is -0.546. The molecule has 4 aromatic carbocycles. The molecule has 1 amide bonds. The van der Waals surface area contributed by atoms with Crippen molar-refractivity contribution in [1.82, 2.24) is 9.55 Å². The van der Waals surface area contributed by atoms with E-state index in [-0.39, 0.29) is 0 Å². The zero-order valence-corrected chi connectivity index (χ0v) is 16.3. The molecule has 0 spiro atoms. The number of H-pyrrole nitrogens is 1. The fourth-order valence-electron chi connectivity index (χ4n) is 3.96. The van der Waals surface area contributed by atoms with Crippen LogP contribution in [0.4, 0.5) is 0 Å². The van der Waals surface area contributed by atoms with Crippen molar-refractivity contribution in [2.24, 2.45) is 5.73 Å². The summed E-state index contributed by atoms with van der Waals surface area (Å²) in [6, 6.07) is 25.1. The van der Waals surface area contributed by atoms with Gasteiger partial charge in [0.05, 0.1) is 16.6 Å². The second kappa shape index (κ2) is 7.11. The van der Waals surface area contributed by atoms with Crippen molar-refractivity contribution >= 4 is 27.6 Å². The van der Waals surface area contributed by atoms with Gasteiger partial charge >= 0.3 is 5.69 Å². The number of hydrogen-bond acceptors (Lipinski definition) is 3. The zero-order chi connectivity index (χ0) is 21.5. The minimum Gasteiger partial charge on any atom is -0.366 e. The number of benzene rings is 4. The van der Waals surface area contributed by atoms with Gasteiger partial charge in [-0.1, -0.05) is 60.7 Å². The summed E-state index contributed by atoms with van der Waals surface area (Å²) in [6.07, 6.45) is 0. The van der Waals surface area contributed by atoms with Gasteiger partial charge in [-0.15, -0.1) is 0 Å². The summed E-state index contributed by atoms with van der Waals surface area (Å²) in [6.45, 7) is 0. The third kappa shape index (κ3) is 3.02. The predicted octanol–water partition coefficient (Wildman–Crippen LogP) is 3.60. The van der Waals surface area contributed by atoms with Gasteiger partial charge in [-0.25, -0.2) is 9.36 Å². The molecular weight excluding hydrogens is 390 g/mol. The van der Waals surface area contributed by atoms with E-state index >= 15 is 0 Å². The largest absolute Gasteiger partial charge is 0.366 e. The molecule has 1 aromatic heterocycles. The van der Waals surface area contributed by atoms with Crippen LogP contribution >= 0.6 is 0 Å². The van der Waals surface area contributed by atoms with Gasteiger partial charge < -0.3 is 10.7 Å². The molecule has 0 bridgehead atoms. The van der Waals surface area contributed by atoms with E-state index in [9.17, 15) is 14.4 Å². The van der Waals surface area contributed by atoms with Crippen molar-refractivity contribution < 1.29 is 4.79 Å². The second-order valence-corrected chi connectivity index (χ2v) is 7.24. The Labute approximate surface area is 176 Å². The van der Waals surface area contributed by atoms with E-state index in [1.165, 1.54) is 0 Å². The van der Waals surface area contributed by atoms with E-state index in [1.54, 1.807) is 48.5 Å². The molecule has 6 heteroatoms. The Balaban J connectivity index is 1.76. The number of carbonyl (C=O) groups is 1. The first kappa shape index (κ1) is 18.6. The molecule has 31 heavy (non-hydrogen) atoms. The van der Waals surface area contributed by atoms with Crippen LogP contribution in [0.1, 0.15) is 10.4 Å². The maximum atomic E-state index is 13.3. The van der Waals surface area contributed by atoms with Crippen molar-refractivity contribution in [2.75, 3.05) is 0 Å². The highest BCUT2D eigenvalue weighted by Gasteiger charge is 2.14. The number of aromatic amines is 1. The summed E-state index contributed by atoms with van der Waals surface area (Å²) >= 11 is 0. The van der Waals surface area contributed by atoms with Crippen LogP contribution in [0.3, 0.4) is 0 Å². The lowest BCUT2D eigenvalue weighted by Gasteiger charge is -2.11. The molecule has 0 aliphatic rings. The fraction of sp³-hybridized carbons (Fsp3) is 0. The van der Waals surface area contributed by atoms with Crippen molar-refractivity contribution in [3.8, 4) is 16.8 Å². The molecule has 0 unspecified atom stereocenters. The summed E-state index contributed by atoms with van der Waals surface area (Å²) in [4.78, 5) is 40.8. The Hall–Kier alpha value is -4.45. The Kier molecular flexibility index (Phi) is 4.26. The molecule has 3 N–H and O–H groups in total. The fourth-order valence-corrected chi connectivity index (χ4v) is 3.96. The summed E-state index contributed by atoms with van der Waals surface area (Å²) < 4.78 is 1.15. The first-order valence-corrected chi connectivity index (χ1v) is 9.71. The number of rotatable bonds is 3. The van der Waals surface area contributed by atoms with Gasteiger partial charge in [0.1, 0.15) is 0 Å². The normalized spacial score (nSPS) is 11.1. The lowest BCUT2D eigenvalue weighted by Crippen LogP contribution is -2.33. The number of hydrogen-bond donors (Lipinski definition) is 2. The molecule has 5 aromatic rings. The number of aromatic nitrogens is 2. The molecule has 0 aliphatic carbocycles. The van der Waals surface area contributed by atoms with Crippen LogP contribution in [0.2, 0.25) is 0 Å². The Morgan fingerprint density at radius 1 is 0.806 bits per heavy atom. The van der Waals surface area contributed by atoms with Crippen LogP contribution in [0, 0.1) is 0 Å². The first-order valence-electron chi connectivity index (χ1n) is 9.71. The standard InChI is InChI=1S/C25H17N3O3/c26-23(29)19-10-4-3-8-17(19)16-12-13-20-21(14-16)27-25(31)28(24(20)30)22-11-5-7-15-6-1-2-9-18(15)22/h1-14H,(H2,26,29)(H,27,31). The number of nitrogens with two attached hydrogens (primary N) is 1. The quantitative estimate of drug-likeness (QED) is 0.478. The number of carbonyl (C=O) groups excluding carboxylic acids is 1. The van der Waals surface area contributed by atoms with Gasteiger partial charge in [-0.2, -0.15) is 0 Å². The van der Waals surface area contributed by atoms with E-state index < -0.39 is 17.2 Å². The Morgan fingerprint density at radius 2 is 1.55 bits per heavy atom. The third-order valence-electron chi connectivity index (χ3n) is 5.41. The van der Waals surface area contributed by atoms with Crippen molar-refractivity contribution in [1.29, 1.82) is 0 Å². The zero-order valence-electron chi connectivity index (χ0n) is 16.3. The highest BCUT2D eigenvalue weighted by molar-refractivity contribution is 6.00. The third-order valence-corrected chi connectivity index (χ3v) is 5.41. The van der Waals surface area contributed by atoms with Crippen LogP contribution in [0.15, 0.2) is 94.5 Å². The highest BCUT2D eigenvalue weighted by Crippen LogP contribution is 2.26. The van der Waals surface area contributed by atoms with Gasteiger partial charge in [0.25, 0.3) is 5.56 Å². The van der Waals surface area contributed by atoms with Gasteiger partial charge in [-0.3, -0.25) is 9.59 Å². The van der Waals surface area contributed by atoms with Crippen LogP contribution in [-0.4, -0.2) is 15.5 Å². The van der Waals surface area contributed by atoms with E-state index in [0.29, 0.717) is 33.3 Å². The SMILES string of the molecule is NC(=O)c1ccccc1-c1ccc2c(=O)n(-c3cccc4ccccc34)c(=O)[nH]c2c1. The minimum absolute atomic E-state index is 0.368. The van der Waals surface area contributed by atoms with Crippen molar-refractivity contribution in [3.63, 3.8) is 0 Å². The molecule has 1 heterocycles. The van der Waals surface area contributed by atoms with Gasteiger partial charge in [0.15, 0.2) is 0 Å². The minimum atomic E-state index is -0.546. The van der Waals surface area contributed by atoms with Gasteiger partial charge in [0, 0.05) is 10.9 Å². The molecule has 0 atom stereocenters. The topological polar surface area (TPSA) is 97.9 Å². The number of nitrogens with one attached hydrogen (secondary N) is 1. The molecular formula is C25H17N3O3. The molecule has 0 saturated carbocycles. The van der Waals surface area contributed by atoms with Gasteiger partial charge in [0.2, 0.25) is 5.91 Å². The van der Waals surface area contributed by atoms with Gasteiger partial charge in [-0.05, 0) is 40.8 Å². The lowest BCUT2D eigenvalue weighted by atomic mass is 9.98. The molecule has 6 nitrogen and oxygen atoms in total. The number of nitrogens with zero attached hydrogens (tertiary/aromatic N) is 1. The molecule has 0 radical (unpaired) electrons. The summed E-state index contributed by atoms with van der Waals surface area (Å²) in [5, 5.41) is 2.11. The smallest absolute Gasteiger partial charge is 0.333 e. The first-order chi connectivity index (χ1) is 15.0. The molecule has 0 aliphatic heterocycles. The maximum Gasteiger partial charge on any atom is 0.333 e. The number of primary amides is 1. The summed E-state index contributed by atoms with van der Waals surface area (Å²) in [7, 11) is 0. The molecule has 150 valence electrons. The van der Waals surface area contributed by atoms with E-state index in [1.807, 2.05) is 36.4 Å². The Bertz CT molecular complexity index is 1610. The number of amides is 1. The van der Waals surface area contributed by atoms with Crippen LogP contribution in [-0.2, 0) is 0 Å². The highest BCUT2D eigenvalue weighted by atomic mass is 16.2. The monoisotopic (exact) mass is 407 g/mol. The van der Waals surface area contributed by atoms with Crippen molar-refractivity contribution in [3.05, 3.63) is 111 Å². The summed E-state index contributed by atoms with van der Waals surface area (Å²) in [5.41, 5.74) is 7.15. The average molecular weight is 407 g/mol.